The van der Waals surface area contributed by atoms with E-state index < -0.39 is 19.1 Å². The van der Waals surface area contributed by atoms with E-state index in [2.05, 4.69) is 0 Å². The molecule has 0 aromatic rings. The first-order valence-electron chi connectivity index (χ1n) is 6.99. The molecule has 2 amide bonds. The maximum Gasteiger partial charge on any atom is 0.261 e. The molecular formula is C13H20F2N2O3. The second-order valence-corrected chi connectivity index (χ2v) is 5.22. The Morgan fingerprint density at radius 3 is 2.75 bits per heavy atom. The van der Waals surface area contributed by atoms with Crippen molar-refractivity contribution < 1.29 is 23.1 Å². The van der Waals surface area contributed by atoms with Gasteiger partial charge in [-0.15, -0.1) is 0 Å². The van der Waals surface area contributed by atoms with Crippen LogP contribution in [0.15, 0.2) is 0 Å². The summed E-state index contributed by atoms with van der Waals surface area (Å²) in [6.07, 6.45) is 0.0374. The Morgan fingerprint density at radius 1 is 1.30 bits per heavy atom. The summed E-state index contributed by atoms with van der Waals surface area (Å²) in [6.45, 7) is 1.89. The number of nitrogens with zero attached hydrogens (tertiary/aromatic N) is 2. The average Bonchev–Trinajstić information content (AvgIpc) is 2.44. The molecule has 0 spiro atoms. The third-order valence-corrected chi connectivity index (χ3v) is 3.90. The van der Waals surface area contributed by atoms with Crippen molar-refractivity contribution in [3.63, 3.8) is 0 Å². The van der Waals surface area contributed by atoms with Gasteiger partial charge in [-0.25, -0.2) is 8.78 Å². The highest BCUT2D eigenvalue weighted by molar-refractivity contribution is 5.96. The minimum absolute atomic E-state index is 0.0282. The number of carbonyl (C=O) groups excluding carboxylic acids is 2. The summed E-state index contributed by atoms with van der Waals surface area (Å²) >= 11 is 0. The lowest BCUT2D eigenvalue weighted by Crippen LogP contribution is -2.65. The van der Waals surface area contributed by atoms with Crippen molar-refractivity contribution in [3.05, 3.63) is 0 Å². The number of amides is 2. The topological polar surface area (TPSA) is 49.9 Å². The van der Waals surface area contributed by atoms with E-state index in [0.717, 1.165) is 12.8 Å². The molecule has 2 heterocycles. The van der Waals surface area contributed by atoms with E-state index >= 15 is 0 Å². The number of ether oxygens (including phenoxy) is 1. The standard InChI is InChI=1S/C13H20F2N2O3/c1-9-12(18)17-5-3-2-4-10(17)13(19)16(9)6-7-20-8-11(14)15/h9-11H,2-8H2,1H3. The molecule has 2 aliphatic rings. The minimum Gasteiger partial charge on any atom is -0.374 e. The highest BCUT2D eigenvalue weighted by atomic mass is 19.3. The number of halogens is 2. The van der Waals surface area contributed by atoms with Gasteiger partial charge in [-0.2, -0.15) is 0 Å². The molecule has 0 aromatic heterocycles. The average molecular weight is 290 g/mol. The van der Waals surface area contributed by atoms with Gasteiger partial charge in [0, 0.05) is 13.1 Å². The van der Waals surface area contributed by atoms with E-state index in [0.29, 0.717) is 13.0 Å². The van der Waals surface area contributed by atoms with Crippen molar-refractivity contribution in [2.45, 2.75) is 44.7 Å². The summed E-state index contributed by atoms with van der Waals surface area (Å²) in [5.41, 5.74) is 0. The van der Waals surface area contributed by atoms with Crippen LogP contribution in [0.3, 0.4) is 0 Å². The van der Waals surface area contributed by atoms with Gasteiger partial charge < -0.3 is 14.5 Å². The van der Waals surface area contributed by atoms with Gasteiger partial charge in [0.25, 0.3) is 6.43 Å². The van der Waals surface area contributed by atoms with Crippen LogP contribution in [-0.4, -0.2) is 66.4 Å². The van der Waals surface area contributed by atoms with E-state index in [9.17, 15) is 18.4 Å². The molecule has 2 unspecified atom stereocenters. The van der Waals surface area contributed by atoms with Crippen molar-refractivity contribution in [2.75, 3.05) is 26.3 Å². The number of fused-ring (bicyclic) bond motifs is 1. The molecule has 0 saturated carbocycles. The van der Waals surface area contributed by atoms with Crippen LogP contribution in [0.5, 0.6) is 0 Å². The van der Waals surface area contributed by atoms with Gasteiger partial charge in [0.05, 0.1) is 6.61 Å². The maximum absolute atomic E-state index is 12.4. The van der Waals surface area contributed by atoms with Crippen molar-refractivity contribution in [2.24, 2.45) is 0 Å². The van der Waals surface area contributed by atoms with Crippen molar-refractivity contribution in [1.29, 1.82) is 0 Å². The van der Waals surface area contributed by atoms with Gasteiger partial charge in [-0.1, -0.05) is 0 Å². The van der Waals surface area contributed by atoms with Gasteiger partial charge in [-0.05, 0) is 26.2 Å². The highest BCUT2D eigenvalue weighted by Gasteiger charge is 2.44. The highest BCUT2D eigenvalue weighted by Crippen LogP contribution is 2.25. The zero-order valence-electron chi connectivity index (χ0n) is 11.6. The Balaban J connectivity index is 1.94. The summed E-state index contributed by atoms with van der Waals surface area (Å²) < 4.78 is 28.7. The molecule has 114 valence electrons. The van der Waals surface area contributed by atoms with E-state index in [4.69, 9.17) is 4.74 Å². The Morgan fingerprint density at radius 2 is 2.05 bits per heavy atom. The molecule has 2 aliphatic heterocycles. The van der Waals surface area contributed by atoms with Gasteiger partial charge in [0.2, 0.25) is 11.8 Å². The van der Waals surface area contributed by atoms with Crippen LogP contribution >= 0.6 is 0 Å². The molecule has 2 saturated heterocycles. The Labute approximate surface area is 116 Å². The van der Waals surface area contributed by atoms with Gasteiger partial charge >= 0.3 is 0 Å². The smallest absolute Gasteiger partial charge is 0.261 e. The van der Waals surface area contributed by atoms with Crippen molar-refractivity contribution in [3.8, 4) is 0 Å². The van der Waals surface area contributed by atoms with E-state index in [-0.39, 0.29) is 31.0 Å². The number of alkyl halides is 2. The van der Waals surface area contributed by atoms with Crippen LogP contribution in [-0.2, 0) is 14.3 Å². The van der Waals surface area contributed by atoms with Crippen LogP contribution in [0.4, 0.5) is 8.78 Å². The summed E-state index contributed by atoms with van der Waals surface area (Å²) in [5, 5.41) is 0. The third kappa shape index (κ3) is 3.08. The number of hydrogen-bond acceptors (Lipinski definition) is 3. The van der Waals surface area contributed by atoms with Gasteiger partial charge in [-0.3, -0.25) is 9.59 Å². The van der Waals surface area contributed by atoms with Crippen LogP contribution in [0.1, 0.15) is 26.2 Å². The zero-order chi connectivity index (χ0) is 14.7. The number of piperazine rings is 1. The largest absolute Gasteiger partial charge is 0.374 e. The maximum atomic E-state index is 12.4. The second-order valence-electron chi connectivity index (χ2n) is 5.22. The predicted molar refractivity (Wildman–Crippen MR) is 67.4 cm³/mol. The quantitative estimate of drug-likeness (QED) is 0.706. The first-order valence-corrected chi connectivity index (χ1v) is 6.99. The molecule has 0 N–H and O–H groups in total. The monoisotopic (exact) mass is 290 g/mol. The van der Waals surface area contributed by atoms with Crippen LogP contribution < -0.4 is 0 Å². The van der Waals surface area contributed by atoms with E-state index in [1.165, 1.54) is 4.90 Å². The second kappa shape index (κ2) is 6.47. The molecule has 0 bridgehead atoms. The van der Waals surface area contributed by atoms with Gasteiger partial charge in [0.15, 0.2) is 0 Å². The molecule has 0 aromatic carbocycles. The summed E-state index contributed by atoms with van der Waals surface area (Å²) in [6, 6.07) is -0.908. The Bertz CT molecular complexity index is 379. The number of hydrogen-bond donors (Lipinski definition) is 0. The fourth-order valence-corrected chi connectivity index (χ4v) is 2.85. The van der Waals surface area contributed by atoms with Crippen LogP contribution in [0.25, 0.3) is 0 Å². The first kappa shape index (κ1) is 15.2. The normalized spacial score (nSPS) is 27.2. The molecule has 0 aliphatic carbocycles. The van der Waals surface area contributed by atoms with E-state index in [1.54, 1.807) is 11.8 Å². The number of piperidine rings is 1. The summed E-state index contributed by atoms with van der Waals surface area (Å²) in [5.74, 6) is -0.138. The molecule has 2 fully saturated rings. The molecule has 7 heteroatoms. The molecule has 2 rings (SSSR count). The number of carbonyl (C=O) groups is 2. The van der Waals surface area contributed by atoms with Gasteiger partial charge in [0.1, 0.15) is 18.7 Å². The molecular weight excluding hydrogens is 270 g/mol. The third-order valence-electron chi connectivity index (χ3n) is 3.90. The molecule has 5 nitrogen and oxygen atoms in total. The lowest BCUT2D eigenvalue weighted by atomic mass is 9.96. The Hall–Kier alpha value is -1.24. The lowest BCUT2D eigenvalue weighted by Gasteiger charge is -2.46. The minimum atomic E-state index is -2.51. The summed E-state index contributed by atoms with van der Waals surface area (Å²) in [7, 11) is 0. The fraction of sp³-hybridized carbons (Fsp3) is 0.846. The number of rotatable bonds is 5. The molecule has 0 radical (unpaired) electrons. The Kier molecular flexibility index (Phi) is 4.91. The van der Waals surface area contributed by atoms with Crippen LogP contribution in [0, 0.1) is 0 Å². The van der Waals surface area contributed by atoms with Crippen LogP contribution in [0.2, 0.25) is 0 Å². The lowest BCUT2D eigenvalue weighted by molar-refractivity contribution is -0.163. The van der Waals surface area contributed by atoms with Crippen molar-refractivity contribution >= 4 is 11.8 Å². The zero-order valence-corrected chi connectivity index (χ0v) is 11.6. The van der Waals surface area contributed by atoms with E-state index in [1.807, 2.05) is 0 Å². The predicted octanol–water partition coefficient (Wildman–Crippen LogP) is 0.880. The molecule has 2 atom stereocenters. The SMILES string of the molecule is CC1C(=O)N2CCCCC2C(=O)N1CCOCC(F)F. The van der Waals surface area contributed by atoms with Crippen molar-refractivity contribution in [1.82, 2.24) is 9.80 Å². The molecule has 20 heavy (non-hydrogen) atoms. The first-order chi connectivity index (χ1) is 9.52. The fourth-order valence-electron chi connectivity index (χ4n) is 2.85. The summed E-state index contributed by atoms with van der Waals surface area (Å²) in [4.78, 5) is 27.7.